The summed E-state index contributed by atoms with van der Waals surface area (Å²) in [5, 5.41) is 18.7. The molecule has 1 N–H and O–H groups in total. The van der Waals surface area contributed by atoms with Crippen molar-refractivity contribution in [3.05, 3.63) is 64.2 Å². The van der Waals surface area contributed by atoms with Gasteiger partial charge in [0.15, 0.2) is 0 Å². The zero-order valence-corrected chi connectivity index (χ0v) is 11.7. The molecule has 5 heteroatoms. The first-order valence-corrected chi connectivity index (χ1v) is 7.09. The molecule has 0 aliphatic carbocycles. The number of carboxylic acids is 1. The quantitative estimate of drug-likeness (QED) is 0.802. The average Bonchev–Trinajstić information content (AvgIpc) is 2.89. The summed E-state index contributed by atoms with van der Waals surface area (Å²) in [6, 6.07) is 14.4. The number of carbonyl (C=O) groups is 1. The number of aromatic carboxylic acids is 1. The normalized spacial score (nSPS) is 10.4. The van der Waals surface area contributed by atoms with Gasteiger partial charge in [-0.2, -0.15) is 5.26 Å². The molecule has 0 unspecified atom stereocenters. The van der Waals surface area contributed by atoms with E-state index in [4.69, 9.17) is 10.4 Å². The molecule has 0 amide bonds. The second kappa shape index (κ2) is 5.35. The topological polar surface area (TPSA) is 74.0 Å². The molecule has 102 valence electrons. The molecule has 0 aliphatic rings. The maximum atomic E-state index is 11.0. The molecule has 1 aromatic heterocycles. The van der Waals surface area contributed by atoms with Gasteiger partial charge >= 0.3 is 5.97 Å². The van der Waals surface area contributed by atoms with Gasteiger partial charge in [-0.05, 0) is 35.9 Å². The lowest BCUT2D eigenvalue weighted by atomic mass is 10.1. The van der Waals surface area contributed by atoms with Crippen LogP contribution in [0.3, 0.4) is 0 Å². The van der Waals surface area contributed by atoms with E-state index in [1.54, 1.807) is 30.3 Å². The van der Waals surface area contributed by atoms with Crippen LogP contribution in [0.4, 0.5) is 0 Å². The Morgan fingerprint density at radius 2 is 2.00 bits per heavy atom. The molecule has 0 fully saturated rings. The van der Waals surface area contributed by atoms with Crippen molar-refractivity contribution in [1.82, 2.24) is 4.98 Å². The molecular formula is C16H10N2O2S. The van der Waals surface area contributed by atoms with Crippen molar-refractivity contribution < 1.29 is 9.90 Å². The van der Waals surface area contributed by atoms with Gasteiger partial charge in [-0.1, -0.05) is 12.1 Å². The lowest BCUT2D eigenvalue weighted by molar-refractivity contribution is 0.0697. The van der Waals surface area contributed by atoms with E-state index in [0.29, 0.717) is 12.0 Å². The first-order valence-electron chi connectivity index (χ1n) is 6.27. The maximum absolute atomic E-state index is 11.0. The van der Waals surface area contributed by atoms with Crippen LogP contribution in [-0.4, -0.2) is 16.1 Å². The lowest BCUT2D eigenvalue weighted by Gasteiger charge is -1.97. The van der Waals surface area contributed by atoms with Crippen molar-refractivity contribution in [2.75, 3.05) is 0 Å². The fourth-order valence-electron chi connectivity index (χ4n) is 2.05. The van der Waals surface area contributed by atoms with Gasteiger partial charge in [-0.15, -0.1) is 11.3 Å². The molecule has 21 heavy (non-hydrogen) atoms. The second-order valence-corrected chi connectivity index (χ2v) is 5.70. The molecule has 0 spiro atoms. The molecule has 0 aliphatic heterocycles. The van der Waals surface area contributed by atoms with Gasteiger partial charge in [-0.3, -0.25) is 0 Å². The number of benzene rings is 2. The van der Waals surface area contributed by atoms with Crippen LogP contribution < -0.4 is 0 Å². The summed E-state index contributed by atoms with van der Waals surface area (Å²) in [6.07, 6.45) is 0.674. The number of rotatable bonds is 3. The molecule has 0 bridgehead atoms. The zero-order chi connectivity index (χ0) is 14.8. The van der Waals surface area contributed by atoms with Gasteiger partial charge in [0.1, 0.15) is 0 Å². The van der Waals surface area contributed by atoms with Crippen molar-refractivity contribution in [3.63, 3.8) is 0 Å². The summed E-state index contributed by atoms with van der Waals surface area (Å²) >= 11 is 1.49. The SMILES string of the molecule is N#Cc1ccc(Cc2nc3ccc(C(=O)O)cc3s2)cc1. The summed E-state index contributed by atoms with van der Waals surface area (Å²) in [5.41, 5.74) is 2.80. The van der Waals surface area contributed by atoms with E-state index in [1.807, 2.05) is 12.1 Å². The summed E-state index contributed by atoms with van der Waals surface area (Å²) in [4.78, 5) is 15.5. The van der Waals surface area contributed by atoms with E-state index in [1.165, 1.54) is 11.3 Å². The lowest BCUT2D eigenvalue weighted by Crippen LogP contribution is -1.94. The average molecular weight is 294 g/mol. The summed E-state index contributed by atoms with van der Waals surface area (Å²) in [7, 11) is 0. The van der Waals surface area contributed by atoms with Crippen LogP contribution in [0.25, 0.3) is 10.2 Å². The molecule has 3 rings (SSSR count). The highest BCUT2D eigenvalue weighted by Crippen LogP contribution is 2.25. The highest BCUT2D eigenvalue weighted by atomic mass is 32.1. The molecule has 0 radical (unpaired) electrons. The molecule has 3 aromatic rings. The minimum atomic E-state index is -0.932. The van der Waals surface area contributed by atoms with E-state index in [2.05, 4.69) is 11.1 Å². The van der Waals surface area contributed by atoms with Crippen molar-refractivity contribution >= 4 is 27.5 Å². The van der Waals surface area contributed by atoms with Crippen LogP contribution in [0, 0.1) is 11.3 Å². The number of hydrogen-bond donors (Lipinski definition) is 1. The number of fused-ring (bicyclic) bond motifs is 1. The standard InChI is InChI=1S/C16H10N2O2S/c17-9-11-3-1-10(2-4-11)7-15-18-13-6-5-12(16(19)20)8-14(13)21-15/h1-6,8H,7H2,(H,19,20). The van der Waals surface area contributed by atoms with Crippen LogP contribution in [0.5, 0.6) is 0 Å². The highest BCUT2D eigenvalue weighted by Gasteiger charge is 2.08. The Labute approximate surface area is 124 Å². The molecule has 4 nitrogen and oxygen atoms in total. The second-order valence-electron chi connectivity index (χ2n) is 4.58. The van der Waals surface area contributed by atoms with Gasteiger partial charge in [0.2, 0.25) is 0 Å². The fourth-order valence-corrected chi connectivity index (χ4v) is 3.09. The Hall–Kier alpha value is -2.71. The third-order valence-corrected chi connectivity index (χ3v) is 4.14. The van der Waals surface area contributed by atoms with Crippen LogP contribution in [0.15, 0.2) is 42.5 Å². The maximum Gasteiger partial charge on any atom is 0.335 e. The van der Waals surface area contributed by atoms with Gasteiger partial charge < -0.3 is 5.11 Å². The number of hydrogen-bond acceptors (Lipinski definition) is 4. The number of thiazole rings is 1. The molecular weight excluding hydrogens is 284 g/mol. The van der Waals surface area contributed by atoms with E-state index < -0.39 is 5.97 Å². The minimum Gasteiger partial charge on any atom is -0.478 e. The van der Waals surface area contributed by atoms with Crippen molar-refractivity contribution in [3.8, 4) is 6.07 Å². The largest absolute Gasteiger partial charge is 0.478 e. The van der Waals surface area contributed by atoms with E-state index >= 15 is 0 Å². The van der Waals surface area contributed by atoms with E-state index in [-0.39, 0.29) is 5.56 Å². The van der Waals surface area contributed by atoms with Crippen LogP contribution in [0.2, 0.25) is 0 Å². The Bertz CT molecular complexity index is 860. The first kappa shape index (κ1) is 13.3. The number of nitrogens with zero attached hydrogens (tertiary/aromatic N) is 2. The van der Waals surface area contributed by atoms with Crippen molar-refractivity contribution in [1.29, 1.82) is 5.26 Å². The van der Waals surface area contributed by atoms with Gasteiger partial charge in [0.05, 0.1) is 32.4 Å². The number of nitriles is 1. The smallest absolute Gasteiger partial charge is 0.335 e. The van der Waals surface area contributed by atoms with Crippen molar-refractivity contribution in [2.24, 2.45) is 0 Å². The Kier molecular flexibility index (Phi) is 3.38. The predicted octanol–water partition coefficient (Wildman–Crippen LogP) is 3.46. The van der Waals surface area contributed by atoms with Crippen LogP contribution in [0.1, 0.15) is 26.5 Å². The molecule has 2 aromatic carbocycles. The molecule has 1 heterocycles. The van der Waals surface area contributed by atoms with Crippen molar-refractivity contribution in [2.45, 2.75) is 6.42 Å². The third-order valence-electron chi connectivity index (χ3n) is 3.12. The summed E-state index contributed by atoms with van der Waals surface area (Å²) in [6.45, 7) is 0. The predicted molar refractivity (Wildman–Crippen MR) is 80.5 cm³/mol. The monoisotopic (exact) mass is 294 g/mol. The third kappa shape index (κ3) is 2.76. The summed E-state index contributed by atoms with van der Waals surface area (Å²) < 4.78 is 0.874. The minimum absolute atomic E-state index is 0.274. The zero-order valence-electron chi connectivity index (χ0n) is 10.9. The molecule has 0 saturated heterocycles. The fraction of sp³-hybridized carbons (Fsp3) is 0.0625. The van der Waals surface area contributed by atoms with Gasteiger partial charge in [0, 0.05) is 6.42 Å². The van der Waals surface area contributed by atoms with Gasteiger partial charge in [-0.25, -0.2) is 9.78 Å². The first-order chi connectivity index (χ1) is 10.2. The molecule has 0 saturated carbocycles. The van der Waals surface area contributed by atoms with Crippen LogP contribution in [-0.2, 0) is 6.42 Å². The Morgan fingerprint density at radius 3 is 2.67 bits per heavy atom. The highest BCUT2D eigenvalue weighted by molar-refractivity contribution is 7.18. The van der Waals surface area contributed by atoms with E-state index in [9.17, 15) is 4.79 Å². The molecule has 0 atom stereocenters. The van der Waals surface area contributed by atoms with E-state index in [0.717, 1.165) is 20.8 Å². The Balaban J connectivity index is 1.90. The Morgan fingerprint density at radius 1 is 1.24 bits per heavy atom. The van der Waals surface area contributed by atoms with Gasteiger partial charge in [0.25, 0.3) is 0 Å². The summed E-state index contributed by atoms with van der Waals surface area (Å²) in [5.74, 6) is -0.932. The number of aromatic nitrogens is 1. The van der Waals surface area contributed by atoms with Crippen LogP contribution >= 0.6 is 11.3 Å². The number of carboxylic acid groups (broad SMARTS) is 1.